The number of carbonyl (C=O) groups is 4. The van der Waals surface area contributed by atoms with E-state index >= 15 is 0 Å². The minimum Gasteiger partial charge on any atom is -0.480 e. The van der Waals surface area contributed by atoms with Gasteiger partial charge >= 0.3 is 5.97 Å². The van der Waals surface area contributed by atoms with Crippen LogP contribution in [0.2, 0.25) is 0 Å². The molecular weight excluding hydrogens is 489 g/mol. The van der Waals surface area contributed by atoms with Gasteiger partial charge in [-0.15, -0.1) is 11.8 Å². The summed E-state index contributed by atoms with van der Waals surface area (Å²) >= 11 is 2.98. The first kappa shape index (κ1) is 29.5. The van der Waals surface area contributed by atoms with E-state index in [4.69, 9.17) is 0 Å². The maximum Gasteiger partial charge on any atom is 0.317 e. The van der Waals surface area contributed by atoms with Crippen molar-refractivity contribution in [1.82, 2.24) is 10.2 Å². The first-order valence-corrected chi connectivity index (χ1v) is 14.9. The average Bonchev–Trinajstić information content (AvgIpc) is 2.90. The lowest BCUT2D eigenvalue weighted by molar-refractivity contribution is -0.139. The summed E-state index contributed by atoms with van der Waals surface area (Å²) in [5, 5.41) is 11.3. The maximum atomic E-state index is 12.5. The van der Waals surface area contributed by atoms with E-state index in [1.807, 2.05) is 20.8 Å². The van der Waals surface area contributed by atoms with Gasteiger partial charge in [-0.05, 0) is 0 Å². The van der Waals surface area contributed by atoms with Gasteiger partial charge in [-0.1, -0.05) is 63.1 Å². The van der Waals surface area contributed by atoms with Crippen molar-refractivity contribution in [3.63, 3.8) is 0 Å². The molecule has 7 nitrogen and oxygen atoms in total. The summed E-state index contributed by atoms with van der Waals surface area (Å²) in [6, 6.07) is 0. The number of aliphatic carboxylic acids is 1. The van der Waals surface area contributed by atoms with Crippen molar-refractivity contribution in [2.24, 2.45) is 5.92 Å². The molecule has 2 atom stereocenters. The van der Waals surface area contributed by atoms with E-state index in [0.717, 1.165) is 0 Å². The molecule has 32 heavy (non-hydrogen) atoms. The highest BCUT2D eigenvalue weighted by atomic mass is 33.1. The first-order valence-electron chi connectivity index (χ1n) is 10.6. The van der Waals surface area contributed by atoms with E-state index in [0.29, 0.717) is 36.8 Å². The Bertz CT molecular complexity index is 676. The van der Waals surface area contributed by atoms with E-state index in [9.17, 15) is 24.3 Å². The van der Waals surface area contributed by atoms with Crippen LogP contribution in [0.5, 0.6) is 0 Å². The summed E-state index contributed by atoms with van der Waals surface area (Å²) in [6.45, 7) is 12.9. The number of imide groups is 1. The summed E-state index contributed by atoms with van der Waals surface area (Å²) in [6.07, 6.45) is 0.250. The smallest absolute Gasteiger partial charge is 0.317 e. The second-order valence-corrected chi connectivity index (χ2v) is 16.0. The molecule has 1 heterocycles. The van der Waals surface area contributed by atoms with Gasteiger partial charge in [0, 0.05) is 52.7 Å². The Hall–Kier alpha value is -0.520. The SMILES string of the molecule is CC(C)(C)SCC1CC(=O)N(CCSSCCNC(=O)CC(SC(C)(C)C)C(=O)O)C1=O. The highest BCUT2D eigenvalue weighted by Gasteiger charge is 2.38. The maximum absolute atomic E-state index is 12.5. The van der Waals surface area contributed by atoms with E-state index in [1.54, 1.807) is 33.3 Å². The minimum atomic E-state index is -0.977. The van der Waals surface area contributed by atoms with Crippen LogP contribution in [0, 0.1) is 5.92 Å². The van der Waals surface area contributed by atoms with Crippen molar-refractivity contribution in [3.8, 4) is 0 Å². The first-order chi connectivity index (χ1) is 14.7. The number of likely N-dealkylation sites (tertiary alicyclic amines) is 1. The molecule has 0 aromatic carbocycles. The molecule has 1 aliphatic rings. The van der Waals surface area contributed by atoms with Gasteiger partial charge in [-0.2, -0.15) is 11.8 Å². The van der Waals surface area contributed by atoms with Crippen molar-refractivity contribution in [3.05, 3.63) is 0 Å². The van der Waals surface area contributed by atoms with Crippen molar-refractivity contribution >= 4 is 68.8 Å². The minimum absolute atomic E-state index is 0.0527. The van der Waals surface area contributed by atoms with E-state index < -0.39 is 11.2 Å². The van der Waals surface area contributed by atoms with Gasteiger partial charge in [0.1, 0.15) is 5.25 Å². The quantitative estimate of drug-likeness (QED) is 0.212. The van der Waals surface area contributed by atoms with Crippen LogP contribution in [0.1, 0.15) is 54.4 Å². The molecule has 2 N–H and O–H groups in total. The van der Waals surface area contributed by atoms with Gasteiger partial charge in [0.25, 0.3) is 0 Å². The molecule has 1 aliphatic heterocycles. The molecule has 3 amide bonds. The molecule has 1 saturated heterocycles. The number of carboxylic acid groups (broad SMARTS) is 1. The fourth-order valence-corrected chi connectivity index (χ4v) is 6.80. The molecule has 0 radical (unpaired) electrons. The Labute approximate surface area is 208 Å². The van der Waals surface area contributed by atoms with Crippen LogP contribution in [-0.2, 0) is 19.2 Å². The molecule has 2 unspecified atom stereocenters. The van der Waals surface area contributed by atoms with E-state index in [2.05, 4.69) is 26.1 Å². The summed E-state index contributed by atoms with van der Waals surface area (Å²) in [7, 11) is 3.11. The monoisotopic (exact) mass is 524 g/mol. The lowest BCUT2D eigenvalue weighted by Crippen LogP contribution is -2.33. The molecular formula is C21H36N2O5S4. The van der Waals surface area contributed by atoms with Crippen LogP contribution in [0.15, 0.2) is 0 Å². The van der Waals surface area contributed by atoms with Crippen molar-refractivity contribution < 1.29 is 24.3 Å². The zero-order valence-corrected chi connectivity index (χ0v) is 23.0. The van der Waals surface area contributed by atoms with Gasteiger partial charge in [-0.3, -0.25) is 24.1 Å². The normalized spacial score (nSPS) is 18.2. The lowest BCUT2D eigenvalue weighted by atomic mass is 10.1. The largest absolute Gasteiger partial charge is 0.480 e. The number of hydrogen-bond donors (Lipinski definition) is 2. The fourth-order valence-electron chi connectivity index (χ4n) is 2.79. The molecule has 0 bridgehead atoms. The van der Waals surface area contributed by atoms with Crippen molar-refractivity contribution in [1.29, 1.82) is 0 Å². The van der Waals surface area contributed by atoms with Crippen LogP contribution in [0.25, 0.3) is 0 Å². The predicted octanol–water partition coefficient (Wildman–Crippen LogP) is 3.77. The molecule has 1 fully saturated rings. The lowest BCUT2D eigenvalue weighted by Gasteiger charge is -2.22. The van der Waals surface area contributed by atoms with Gasteiger partial charge in [-0.25, -0.2) is 0 Å². The highest BCUT2D eigenvalue weighted by Crippen LogP contribution is 2.31. The molecule has 0 aromatic rings. The predicted molar refractivity (Wildman–Crippen MR) is 138 cm³/mol. The van der Waals surface area contributed by atoms with Gasteiger partial charge < -0.3 is 10.4 Å². The van der Waals surface area contributed by atoms with Crippen molar-refractivity contribution in [2.75, 3.05) is 30.3 Å². The van der Waals surface area contributed by atoms with E-state index in [-0.39, 0.29) is 39.6 Å². The molecule has 11 heteroatoms. The van der Waals surface area contributed by atoms with Gasteiger partial charge in [0.05, 0.1) is 5.92 Å². The Balaban J connectivity index is 2.22. The van der Waals surface area contributed by atoms with Gasteiger partial charge in [0.15, 0.2) is 0 Å². The molecule has 1 rings (SSSR count). The number of nitrogens with zero attached hydrogens (tertiary/aromatic N) is 1. The summed E-state index contributed by atoms with van der Waals surface area (Å²) < 4.78 is -0.169. The second-order valence-electron chi connectivity index (χ2n) is 9.46. The van der Waals surface area contributed by atoms with Crippen molar-refractivity contribution in [2.45, 2.75) is 69.1 Å². The average molecular weight is 525 g/mol. The molecule has 0 aliphatic carbocycles. The number of amides is 3. The number of thioether (sulfide) groups is 2. The topological polar surface area (TPSA) is 104 Å². The summed E-state index contributed by atoms with van der Waals surface area (Å²) in [4.78, 5) is 49.4. The van der Waals surface area contributed by atoms with E-state index in [1.165, 1.54) is 16.7 Å². The molecule has 0 spiro atoms. The number of hydrogen-bond acceptors (Lipinski definition) is 8. The third kappa shape index (κ3) is 12.1. The second kappa shape index (κ2) is 13.4. The zero-order chi connectivity index (χ0) is 24.5. The number of rotatable bonds is 13. The molecule has 0 saturated carbocycles. The highest BCUT2D eigenvalue weighted by molar-refractivity contribution is 8.76. The molecule has 0 aromatic heterocycles. The summed E-state index contributed by atoms with van der Waals surface area (Å²) in [5.74, 6) is 0.349. The Morgan fingerprint density at radius 3 is 2.28 bits per heavy atom. The number of nitrogens with one attached hydrogen (secondary N) is 1. The number of carboxylic acids is 1. The third-order valence-electron chi connectivity index (χ3n) is 4.19. The Kier molecular flexibility index (Phi) is 12.3. The van der Waals surface area contributed by atoms with Crippen LogP contribution in [-0.4, -0.2) is 78.8 Å². The van der Waals surface area contributed by atoms with Crippen LogP contribution < -0.4 is 5.32 Å². The standard InChI is InChI=1S/C21H36N2O5S4/c1-20(2,3)29-13-14-11-17(25)23(18(14)26)8-10-31-30-9-7-22-16(24)12-15(19(27)28)32-21(4,5)6/h14-15H,7-13H2,1-6H3,(H,22,24)(H,27,28). The molecule has 184 valence electrons. The summed E-state index contributed by atoms with van der Waals surface area (Å²) in [5.41, 5.74) is 0. The zero-order valence-electron chi connectivity index (χ0n) is 19.8. The van der Waals surface area contributed by atoms with Gasteiger partial charge in [0.2, 0.25) is 17.7 Å². The Morgan fingerprint density at radius 1 is 1.09 bits per heavy atom. The number of carbonyl (C=O) groups excluding carboxylic acids is 3. The third-order valence-corrected chi connectivity index (χ3v) is 9.37. The van der Waals surface area contributed by atoms with Crippen LogP contribution >= 0.6 is 45.1 Å². The van der Waals surface area contributed by atoms with Crippen LogP contribution in [0.4, 0.5) is 0 Å². The van der Waals surface area contributed by atoms with Crippen LogP contribution in [0.3, 0.4) is 0 Å². The fraction of sp³-hybridized carbons (Fsp3) is 0.810. The Morgan fingerprint density at radius 2 is 1.72 bits per heavy atom.